The Bertz CT molecular complexity index is 777. The molecule has 9 heteroatoms. The van der Waals surface area contributed by atoms with Crippen molar-refractivity contribution in [1.82, 2.24) is 15.5 Å². The maximum absolute atomic E-state index is 12.7. The minimum atomic E-state index is -0.257. The highest BCUT2D eigenvalue weighted by molar-refractivity contribution is 5.92. The van der Waals surface area contributed by atoms with Gasteiger partial charge in [0.2, 0.25) is 5.91 Å². The molecule has 2 heterocycles. The molecule has 0 spiro atoms. The number of benzene rings is 1. The van der Waals surface area contributed by atoms with Gasteiger partial charge in [0.05, 0.1) is 12.0 Å². The summed E-state index contributed by atoms with van der Waals surface area (Å²) >= 11 is 0. The molecule has 5 amide bonds. The molecule has 9 nitrogen and oxygen atoms in total. The average molecular weight is 446 g/mol. The van der Waals surface area contributed by atoms with Gasteiger partial charge in [0.1, 0.15) is 0 Å². The van der Waals surface area contributed by atoms with Gasteiger partial charge >= 0.3 is 12.1 Å². The van der Waals surface area contributed by atoms with Gasteiger partial charge in [-0.25, -0.2) is 9.59 Å². The van der Waals surface area contributed by atoms with E-state index in [1.165, 1.54) is 0 Å². The van der Waals surface area contributed by atoms with Gasteiger partial charge in [0.25, 0.3) is 0 Å². The SMILES string of the molecule is CC(C)CNC(=O)Nc1ccc(NC(=O)N2CCC[C@@H](C(=O)NC[C@@H]3CCCO3)C2)cc1. The molecule has 0 aliphatic carbocycles. The summed E-state index contributed by atoms with van der Waals surface area (Å²) in [4.78, 5) is 38.8. The second-order valence-corrected chi connectivity index (χ2v) is 8.90. The van der Waals surface area contributed by atoms with Gasteiger partial charge in [-0.3, -0.25) is 4.79 Å². The van der Waals surface area contributed by atoms with E-state index < -0.39 is 0 Å². The summed E-state index contributed by atoms with van der Waals surface area (Å²) in [6, 6.07) is 6.48. The summed E-state index contributed by atoms with van der Waals surface area (Å²) in [6.45, 7) is 6.98. The van der Waals surface area contributed by atoms with Gasteiger partial charge in [-0.1, -0.05) is 13.8 Å². The number of urea groups is 2. The normalized spacial score (nSPS) is 20.7. The molecule has 2 aliphatic heterocycles. The first-order valence-electron chi connectivity index (χ1n) is 11.5. The second kappa shape index (κ2) is 11.7. The van der Waals surface area contributed by atoms with Gasteiger partial charge in [0, 0.05) is 44.2 Å². The number of nitrogens with one attached hydrogen (secondary N) is 4. The predicted molar refractivity (Wildman–Crippen MR) is 124 cm³/mol. The van der Waals surface area contributed by atoms with Crippen molar-refractivity contribution >= 4 is 29.3 Å². The number of nitrogens with zero attached hydrogens (tertiary/aromatic N) is 1. The number of ether oxygens (including phenoxy) is 1. The number of amides is 5. The van der Waals surface area contributed by atoms with Crippen LogP contribution in [0.15, 0.2) is 24.3 Å². The smallest absolute Gasteiger partial charge is 0.321 e. The topological polar surface area (TPSA) is 112 Å². The molecule has 3 rings (SSSR count). The summed E-state index contributed by atoms with van der Waals surface area (Å²) in [5.74, 6) is 0.163. The number of carbonyl (C=O) groups excluding carboxylic acids is 3. The first-order valence-corrected chi connectivity index (χ1v) is 11.5. The lowest BCUT2D eigenvalue weighted by Gasteiger charge is -2.32. The molecular weight excluding hydrogens is 410 g/mol. The van der Waals surface area contributed by atoms with Crippen molar-refractivity contribution in [3.05, 3.63) is 24.3 Å². The lowest BCUT2D eigenvalue weighted by molar-refractivity contribution is -0.126. The lowest BCUT2D eigenvalue weighted by atomic mass is 9.97. The highest BCUT2D eigenvalue weighted by Crippen LogP contribution is 2.20. The van der Waals surface area contributed by atoms with E-state index in [1.807, 2.05) is 13.8 Å². The van der Waals surface area contributed by atoms with Crippen LogP contribution in [0.1, 0.15) is 39.5 Å². The van der Waals surface area contributed by atoms with Gasteiger partial charge in [-0.2, -0.15) is 0 Å². The summed E-state index contributed by atoms with van der Waals surface area (Å²) in [7, 11) is 0. The van der Waals surface area contributed by atoms with Crippen LogP contribution in [0.3, 0.4) is 0 Å². The van der Waals surface area contributed by atoms with Crippen LogP contribution in [0, 0.1) is 11.8 Å². The van der Waals surface area contributed by atoms with Crippen molar-refractivity contribution in [3.8, 4) is 0 Å². The fourth-order valence-corrected chi connectivity index (χ4v) is 3.85. The van der Waals surface area contributed by atoms with Gasteiger partial charge < -0.3 is 30.9 Å². The number of hydrogen-bond acceptors (Lipinski definition) is 4. The summed E-state index contributed by atoms with van der Waals surface area (Å²) < 4.78 is 5.55. The van der Waals surface area contributed by atoms with E-state index in [2.05, 4.69) is 21.3 Å². The van der Waals surface area contributed by atoms with Crippen molar-refractivity contribution in [1.29, 1.82) is 0 Å². The van der Waals surface area contributed by atoms with Crippen LogP contribution >= 0.6 is 0 Å². The van der Waals surface area contributed by atoms with Crippen LogP contribution in [0.4, 0.5) is 21.0 Å². The zero-order chi connectivity index (χ0) is 22.9. The van der Waals surface area contributed by atoms with Crippen molar-refractivity contribution in [2.75, 3.05) is 43.4 Å². The third-order valence-electron chi connectivity index (χ3n) is 5.67. The van der Waals surface area contributed by atoms with Gasteiger partial charge in [-0.15, -0.1) is 0 Å². The number of rotatable bonds is 7. The van der Waals surface area contributed by atoms with Crippen molar-refractivity contribution in [2.24, 2.45) is 11.8 Å². The molecular formula is C23H35N5O4. The number of anilines is 2. The minimum absolute atomic E-state index is 0.0100. The molecule has 0 saturated carbocycles. The van der Waals surface area contributed by atoms with Crippen molar-refractivity contribution in [3.63, 3.8) is 0 Å². The molecule has 0 unspecified atom stereocenters. The first kappa shape index (κ1) is 23.8. The number of carbonyl (C=O) groups is 3. The molecule has 2 fully saturated rings. The third-order valence-corrected chi connectivity index (χ3v) is 5.67. The molecule has 2 saturated heterocycles. The monoisotopic (exact) mass is 445 g/mol. The third kappa shape index (κ3) is 7.40. The molecule has 1 aromatic carbocycles. The molecule has 2 aliphatic rings. The molecule has 4 N–H and O–H groups in total. The highest BCUT2D eigenvalue weighted by Gasteiger charge is 2.29. The Morgan fingerprint density at radius 1 is 1.03 bits per heavy atom. The van der Waals surface area contributed by atoms with Crippen LogP contribution < -0.4 is 21.3 Å². The summed E-state index contributed by atoms with van der Waals surface area (Å²) in [5.41, 5.74) is 1.28. The molecule has 2 atom stereocenters. The molecule has 0 radical (unpaired) electrons. The van der Waals surface area contributed by atoms with E-state index in [4.69, 9.17) is 4.74 Å². The van der Waals surface area contributed by atoms with Crippen molar-refractivity contribution < 1.29 is 19.1 Å². The zero-order valence-corrected chi connectivity index (χ0v) is 19.0. The van der Waals surface area contributed by atoms with Gasteiger partial charge in [-0.05, 0) is 55.9 Å². The minimum Gasteiger partial charge on any atom is -0.376 e. The van der Waals surface area contributed by atoms with E-state index in [1.54, 1.807) is 29.2 Å². The number of hydrogen-bond donors (Lipinski definition) is 4. The highest BCUT2D eigenvalue weighted by atomic mass is 16.5. The Morgan fingerprint density at radius 3 is 2.41 bits per heavy atom. The maximum Gasteiger partial charge on any atom is 0.321 e. The number of likely N-dealkylation sites (tertiary alicyclic amines) is 1. The van der Waals surface area contributed by atoms with E-state index >= 15 is 0 Å². The fourth-order valence-electron chi connectivity index (χ4n) is 3.85. The van der Waals surface area contributed by atoms with Crippen LogP contribution in [0.25, 0.3) is 0 Å². The van der Waals surface area contributed by atoms with Crippen LogP contribution in [0.5, 0.6) is 0 Å². The fraction of sp³-hybridized carbons (Fsp3) is 0.609. The van der Waals surface area contributed by atoms with Crippen LogP contribution in [-0.4, -0.2) is 61.8 Å². The first-order chi connectivity index (χ1) is 15.4. The summed E-state index contributed by atoms with van der Waals surface area (Å²) in [6.07, 6.45) is 3.71. The summed E-state index contributed by atoms with van der Waals surface area (Å²) in [5, 5.41) is 11.4. The Kier molecular flexibility index (Phi) is 8.72. The Balaban J connectivity index is 1.44. The maximum atomic E-state index is 12.7. The predicted octanol–water partition coefficient (Wildman–Crippen LogP) is 3.00. The molecule has 32 heavy (non-hydrogen) atoms. The Hall–Kier alpha value is -2.81. The second-order valence-electron chi connectivity index (χ2n) is 8.90. The molecule has 0 aromatic heterocycles. The lowest BCUT2D eigenvalue weighted by Crippen LogP contribution is -2.47. The Labute approximate surface area is 189 Å². The van der Waals surface area contributed by atoms with E-state index in [-0.39, 0.29) is 30.0 Å². The molecule has 176 valence electrons. The average Bonchev–Trinajstić information content (AvgIpc) is 3.31. The Morgan fingerprint density at radius 2 is 1.75 bits per heavy atom. The molecule has 1 aromatic rings. The van der Waals surface area contributed by atoms with Crippen molar-refractivity contribution in [2.45, 2.75) is 45.6 Å². The zero-order valence-electron chi connectivity index (χ0n) is 19.0. The van der Waals surface area contributed by atoms with E-state index in [0.29, 0.717) is 43.5 Å². The quantitative estimate of drug-likeness (QED) is 0.517. The van der Waals surface area contributed by atoms with Gasteiger partial charge in [0.15, 0.2) is 0 Å². The molecule has 0 bridgehead atoms. The number of piperidine rings is 1. The van der Waals surface area contributed by atoms with Crippen LogP contribution in [0.2, 0.25) is 0 Å². The van der Waals surface area contributed by atoms with Crippen LogP contribution in [-0.2, 0) is 9.53 Å². The van der Waals surface area contributed by atoms with E-state index in [9.17, 15) is 14.4 Å². The standard InChI is InChI=1S/C23H35N5O4/c1-16(2)13-25-22(30)26-18-7-9-19(10-8-18)27-23(31)28-11-3-5-17(15-28)21(29)24-14-20-6-4-12-32-20/h7-10,16-17,20H,3-6,11-15H2,1-2H3,(H,24,29)(H,27,31)(H2,25,26,30)/t17-,20+/m1/s1. The van der Waals surface area contributed by atoms with E-state index in [0.717, 1.165) is 32.3 Å². The largest absolute Gasteiger partial charge is 0.376 e.